The topological polar surface area (TPSA) is 37.0 Å². The SMILES string of the molecule is BrC1CCCC2C(c3cccc4cccnc34)NNC12. The average molecular weight is 332 g/mol. The average Bonchev–Trinajstić information content (AvgIpc) is 2.92. The number of hydrogen-bond donors (Lipinski definition) is 2. The van der Waals surface area contributed by atoms with Crippen LogP contribution in [-0.2, 0) is 0 Å². The van der Waals surface area contributed by atoms with Crippen molar-refractivity contribution >= 4 is 26.8 Å². The molecule has 0 spiro atoms. The van der Waals surface area contributed by atoms with E-state index in [0.717, 1.165) is 5.52 Å². The lowest BCUT2D eigenvalue weighted by Crippen LogP contribution is -2.40. The van der Waals surface area contributed by atoms with Crippen LogP contribution in [0.5, 0.6) is 0 Å². The second-order valence-electron chi connectivity index (χ2n) is 5.83. The number of aromatic nitrogens is 1. The van der Waals surface area contributed by atoms with Crippen LogP contribution in [0.15, 0.2) is 36.5 Å². The number of pyridine rings is 1. The zero-order chi connectivity index (χ0) is 13.5. The van der Waals surface area contributed by atoms with Crippen molar-refractivity contribution in [3.63, 3.8) is 0 Å². The van der Waals surface area contributed by atoms with Gasteiger partial charge in [-0.05, 0) is 30.4 Å². The Morgan fingerprint density at radius 2 is 2.00 bits per heavy atom. The number of alkyl halides is 1. The molecule has 2 heterocycles. The van der Waals surface area contributed by atoms with Crippen molar-refractivity contribution in [2.75, 3.05) is 0 Å². The van der Waals surface area contributed by atoms with E-state index in [9.17, 15) is 0 Å². The first-order chi connectivity index (χ1) is 9.84. The molecule has 0 bridgehead atoms. The lowest BCUT2D eigenvalue weighted by Gasteiger charge is -2.31. The first kappa shape index (κ1) is 12.7. The van der Waals surface area contributed by atoms with Gasteiger partial charge >= 0.3 is 0 Å². The van der Waals surface area contributed by atoms with Gasteiger partial charge in [0.25, 0.3) is 0 Å². The second kappa shape index (κ2) is 5.10. The van der Waals surface area contributed by atoms with Gasteiger partial charge in [-0.1, -0.05) is 46.6 Å². The highest BCUT2D eigenvalue weighted by Gasteiger charge is 2.42. The monoisotopic (exact) mass is 331 g/mol. The van der Waals surface area contributed by atoms with Crippen molar-refractivity contribution in [2.24, 2.45) is 5.92 Å². The van der Waals surface area contributed by atoms with Crippen molar-refractivity contribution in [1.82, 2.24) is 15.8 Å². The smallest absolute Gasteiger partial charge is 0.0750 e. The highest BCUT2D eigenvalue weighted by Crippen LogP contribution is 2.41. The fraction of sp³-hybridized carbons (Fsp3) is 0.438. The summed E-state index contributed by atoms with van der Waals surface area (Å²) in [7, 11) is 0. The van der Waals surface area contributed by atoms with E-state index >= 15 is 0 Å². The summed E-state index contributed by atoms with van der Waals surface area (Å²) in [5.74, 6) is 0.640. The maximum atomic E-state index is 4.60. The Morgan fingerprint density at radius 3 is 2.95 bits per heavy atom. The summed E-state index contributed by atoms with van der Waals surface area (Å²) < 4.78 is 0. The Kier molecular flexibility index (Phi) is 3.25. The van der Waals surface area contributed by atoms with Gasteiger partial charge in [-0.25, -0.2) is 5.43 Å². The van der Waals surface area contributed by atoms with Gasteiger partial charge in [0.05, 0.1) is 11.6 Å². The van der Waals surface area contributed by atoms with Crippen LogP contribution in [0.1, 0.15) is 30.9 Å². The van der Waals surface area contributed by atoms with E-state index in [-0.39, 0.29) is 0 Å². The van der Waals surface area contributed by atoms with Gasteiger partial charge in [0.2, 0.25) is 0 Å². The lowest BCUT2D eigenvalue weighted by atomic mass is 9.79. The second-order valence-corrected chi connectivity index (χ2v) is 7.00. The summed E-state index contributed by atoms with van der Waals surface area (Å²) in [6.45, 7) is 0. The molecule has 1 aromatic heterocycles. The van der Waals surface area contributed by atoms with Gasteiger partial charge in [0.15, 0.2) is 0 Å². The predicted molar refractivity (Wildman–Crippen MR) is 84.6 cm³/mol. The Morgan fingerprint density at radius 1 is 1.10 bits per heavy atom. The van der Waals surface area contributed by atoms with E-state index in [2.05, 4.69) is 56.0 Å². The maximum Gasteiger partial charge on any atom is 0.0750 e. The summed E-state index contributed by atoms with van der Waals surface area (Å²) in [6, 6.07) is 11.5. The number of halogens is 1. The quantitative estimate of drug-likeness (QED) is 0.787. The molecule has 1 aliphatic heterocycles. The number of hydrogen-bond acceptors (Lipinski definition) is 3. The van der Waals surface area contributed by atoms with Crippen LogP contribution in [0, 0.1) is 5.92 Å². The minimum atomic E-state index is 0.360. The molecule has 4 rings (SSSR count). The van der Waals surface area contributed by atoms with Gasteiger partial charge in [-0.3, -0.25) is 10.4 Å². The number of nitrogens with one attached hydrogen (secondary N) is 2. The van der Waals surface area contributed by atoms with E-state index < -0.39 is 0 Å². The van der Waals surface area contributed by atoms with Crippen LogP contribution in [-0.4, -0.2) is 15.9 Å². The van der Waals surface area contributed by atoms with Gasteiger partial charge in [0, 0.05) is 22.5 Å². The summed E-state index contributed by atoms with van der Waals surface area (Å²) in [6.07, 6.45) is 5.73. The maximum absolute atomic E-state index is 4.60. The minimum absolute atomic E-state index is 0.360. The Labute approximate surface area is 127 Å². The molecule has 2 fully saturated rings. The van der Waals surface area contributed by atoms with Gasteiger partial charge in [-0.15, -0.1) is 0 Å². The predicted octanol–water partition coefficient (Wildman–Crippen LogP) is 3.32. The Balaban J connectivity index is 1.76. The zero-order valence-electron chi connectivity index (χ0n) is 11.2. The zero-order valence-corrected chi connectivity index (χ0v) is 12.8. The van der Waals surface area contributed by atoms with Crippen LogP contribution in [0.2, 0.25) is 0 Å². The number of hydrazine groups is 1. The van der Waals surface area contributed by atoms with Gasteiger partial charge < -0.3 is 0 Å². The van der Waals surface area contributed by atoms with Crippen molar-refractivity contribution in [3.05, 3.63) is 42.1 Å². The molecule has 0 radical (unpaired) electrons. The normalized spacial score (nSPS) is 33.2. The summed E-state index contributed by atoms with van der Waals surface area (Å²) in [5.41, 5.74) is 9.47. The van der Waals surface area contributed by atoms with Crippen molar-refractivity contribution in [1.29, 1.82) is 0 Å². The first-order valence-corrected chi connectivity index (χ1v) is 8.25. The van der Waals surface area contributed by atoms with E-state index in [1.54, 1.807) is 0 Å². The largest absolute Gasteiger partial charge is 0.256 e. The number of benzene rings is 1. The van der Waals surface area contributed by atoms with E-state index in [1.165, 1.54) is 30.2 Å². The molecule has 104 valence electrons. The third kappa shape index (κ3) is 1.98. The van der Waals surface area contributed by atoms with Crippen LogP contribution < -0.4 is 10.9 Å². The molecule has 1 saturated carbocycles. The number of fused-ring (bicyclic) bond motifs is 2. The molecule has 2 aromatic rings. The molecule has 0 amide bonds. The number of rotatable bonds is 1. The molecular weight excluding hydrogens is 314 g/mol. The van der Waals surface area contributed by atoms with Crippen LogP contribution in [0.25, 0.3) is 10.9 Å². The molecule has 4 heteroatoms. The van der Waals surface area contributed by atoms with E-state index in [0.29, 0.717) is 22.8 Å². The molecule has 4 atom stereocenters. The molecule has 2 N–H and O–H groups in total. The van der Waals surface area contributed by atoms with Crippen molar-refractivity contribution < 1.29 is 0 Å². The Bertz CT molecular complexity index is 625. The first-order valence-electron chi connectivity index (χ1n) is 7.33. The van der Waals surface area contributed by atoms with Crippen LogP contribution in [0.3, 0.4) is 0 Å². The third-order valence-corrected chi connectivity index (χ3v) is 5.73. The number of para-hydroxylation sites is 1. The fourth-order valence-corrected chi connectivity index (χ4v) is 4.58. The van der Waals surface area contributed by atoms with Gasteiger partial charge in [-0.2, -0.15) is 0 Å². The molecule has 1 aliphatic carbocycles. The molecule has 2 aliphatic rings. The van der Waals surface area contributed by atoms with Crippen LogP contribution >= 0.6 is 15.9 Å². The molecule has 20 heavy (non-hydrogen) atoms. The number of nitrogens with zero attached hydrogens (tertiary/aromatic N) is 1. The van der Waals surface area contributed by atoms with Crippen LogP contribution in [0.4, 0.5) is 0 Å². The fourth-order valence-electron chi connectivity index (χ4n) is 3.73. The molecule has 3 nitrogen and oxygen atoms in total. The highest BCUT2D eigenvalue weighted by atomic mass is 79.9. The van der Waals surface area contributed by atoms with Crippen molar-refractivity contribution in [3.8, 4) is 0 Å². The Hall–Kier alpha value is -0.970. The minimum Gasteiger partial charge on any atom is -0.256 e. The van der Waals surface area contributed by atoms with E-state index in [4.69, 9.17) is 0 Å². The highest BCUT2D eigenvalue weighted by molar-refractivity contribution is 9.09. The lowest BCUT2D eigenvalue weighted by molar-refractivity contribution is 0.319. The molecular formula is C16H18BrN3. The molecule has 4 unspecified atom stereocenters. The third-order valence-electron chi connectivity index (χ3n) is 4.70. The summed E-state index contributed by atoms with van der Waals surface area (Å²) >= 11 is 3.83. The summed E-state index contributed by atoms with van der Waals surface area (Å²) in [4.78, 5) is 5.17. The summed E-state index contributed by atoms with van der Waals surface area (Å²) in [5, 5.41) is 1.22. The van der Waals surface area contributed by atoms with E-state index in [1.807, 2.05) is 12.3 Å². The standard InChI is InChI=1S/C16H18BrN3/c17-13-8-2-7-12-15(19-20-16(12)13)11-6-1-4-10-5-3-9-18-14(10)11/h1,3-6,9,12-13,15-16,19-20H,2,7-8H2. The van der Waals surface area contributed by atoms with Gasteiger partial charge in [0.1, 0.15) is 0 Å². The molecule has 1 aromatic carbocycles. The van der Waals surface area contributed by atoms with Crippen molar-refractivity contribution in [2.45, 2.75) is 36.2 Å². The molecule has 1 saturated heterocycles.